The number of Topliss-reactive ketones (excluding diaryl/α,β-unsaturated/α-hetero) is 1. The maximum atomic E-state index is 12.9. The van der Waals surface area contributed by atoms with Gasteiger partial charge in [-0.05, 0) is 31.5 Å². The summed E-state index contributed by atoms with van der Waals surface area (Å²) in [6.07, 6.45) is -2.28. The van der Waals surface area contributed by atoms with Crippen LogP contribution >= 0.6 is 0 Å². The summed E-state index contributed by atoms with van der Waals surface area (Å²) in [5.74, 6) is -1.79. The first kappa shape index (κ1) is 16.9. The van der Waals surface area contributed by atoms with Crippen molar-refractivity contribution in [1.29, 1.82) is 0 Å². The topological polar surface area (TPSA) is 116 Å². The lowest BCUT2D eigenvalue weighted by Crippen LogP contribution is -2.40. The number of aromatic hydroxyl groups is 4. The molecule has 0 saturated carbocycles. The van der Waals surface area contributed by atoms with Crippen molar-refractivity contribution in [3.8, 4) is 28.7 Å². The van der Waals surface area contributed by atoms with Gasteiger partial charge in [-0.3, -0.25) is 4.79 Å². The van der Waals surface area contributed by atoms with E-state index in [1.54, 1.807) is 13.8 Å². The highest BCUT2D eigenvalue weighted by Gasteiger charge is 2.41. The van der Waals surface area contributed by atoms with E-state index in [9.17, 15) is 25.2 Å². The first-order valence-electron chi connectivity index (χ1n) is 7.72. The number of benzene rings is 2. The van der Waals surface area contributed by atoms with Crippen molar-refractivity contribution >= 4 is 5.78 Å². The number of hydrogen-bond donors (Lipinski definition) is 4. The van der Waals surface area contributed by atoms with Crippen LogP contribution in [0.1, 0.15) is 35.9 Å². The lowest BCUT2D eigenvalue weighted by atomic mass is 9.92. The van der Waals surface area contributed by atoms with Crippen LogP contribution in [0.3, 0.4) is 0 Å². The van der Waals surface area contributed by atoms with E-state index >= 15 is 0 Å². The van der Waals surface area contributed by atoms with Crippen LogP contribution in [0.2, 0.25) is 0 Å². The number of fused-ring (bicyclic) bond motifs is 1. The third-order valence-electron chi connectivity index (χ3n) is 3.85. The van der Waals surface area contributed by atoms with E-state index in [2.05, 4.69) is 0 Å². The Hall–Kier alpha value is -2.93. The molecule has 0 saturated heterocycles. The molecule has 2 unspecified atom stereocenters. The molecule has 0 aromatic heterocycles. The van der Waals surface area contributed by atoms with Crippen LogP contribution in [0.25, 0.3) is 0 Å². The van der Waals surface area contributed by atoms with Crippen molar-refractivity contribution in [3.05, 3.63) is 41.5 Å². The van der Waals surface area contributed by atoms with E-state index in [1.165, 1.54) is 24.3 Å². The van der Waals surface area contributed by atoms with Gasteiger partial charge in [0.05, 0.1) is 6.10 Å². The van der Waals surface area contributed by atoms with Gasteiger partial charge in [0.15, 0.2) is 23.7 Å². The summed E-state index contributed by atoms with van der Waals surface area (Å²) in [6, 6.07) is 6.33. The minimum Gasteiger partial charge on any atom is -0.508 e. The first-order chi connectivity index (χ1) is 11.8. The minimum atomic E-state index is -1.06. The van der Waals surface area contributed by atoms with Gasteiger partial charge < -0.3 is 29.9 Å². The van der Waals surface area contributed by atoms with Gasteiger partial charge in [-0.25, -0.2) is 0 Å². The van der Waals surface area contributed by atoms with Crippen LogP contribution in [0.4, 0.5) is 0 Å². The van der Waals surface area contributed by atoms with Crippen LogP contribution in [0, 0.1) is 0 Å². The molecule has 7 heteroatoms. The Balaban J connectivity index is 2.11. The summed E-state index contributed by atoms with van der Waals surface area (Å²) >= 11 is 0. The minimum absolute atomic E-state index is 0.0173. The molecule has 2 aromatic carbocycles. The predicted molar refractivity (Wildman–Crippen MR) is 87.3 cm³/mol. The smallest absolute Gasteiger partial charge is 0.203 e. The zero-order chi connectivity index (χ0) is 18.3. The van der Waals surface area contributed by atoms with Crippen molar-refractivity contribution in [2.75, 3.05) is 0 Å². The SMILES string of the molecule is CC(C)OC1C(=O)c2c(O)cc(O)cc2OC1c1ccc(O)c(O)c1. The molecule has 2 aromatic rings. The van der Waals surface area contributed by atoms with E-state index in [-0.39, 0.29) is 34.7 Å². The van der Waals surface area contributed by atoms with E-state index in [0.29, 0.717) is 5.56 Å². The second-order valence-electron chi connectivity index (χ2n) is 6.09. The van der Waals surface area contributed by atoms with Crippen LogP contribution in [0.5, 0.6) is 28.7 Å². The van der Waals surface area contributed by atoms with Gasteiger partial charge in [0.2, 0.25) is 5.78 Å². The van der Waals surface area contributed by atoms with Crippen molar-refractivity contribution in [2.45, 2.75) is 32.2 Å². The molecule has 1 heterocycles. The van der Waals surface area contributed by atoms with Crippen LogP contribution in [0.15, 0.2) is 30.3 Å². The molecule has 0 aliphatic carbocycles. The number of ketones is 1. The molecule has 0 spiro atoms. The highest BCUT2D eigenvalue weighted by molar-refractivity contribution is 6.05. The summed E-state index contributed by atoms with van der Waals surface area (Å²) in [5, 5.41) is 38.9. The van der Waals surface area contributed by atoms with E-state index in [1.807, 2.05) is 0 Å². The standard InChI is InChI=1S/C18H18O7/c1-8(2)24-18-16(23)15-13(22)6-10(19)7-14(15)25-17(18)9-3-4-11(20)12(21)5-9/h3-8,17-22H,1-2H3. The summed E-state index contributed by atoms with van der Waals surface area (Å²) < 4.78 is 11.5. The molecule has 0 bridgehead atoms. The maximum Gasteiger partial charge on any atom is 0.203 e. The fourth-order valence-electron chi connectivity index (χ4n) is 2.79. The van der Waals surface area contributed by atoms with Crippen molar-refractivity contribution in [3.63, 3.8) is 0 Å². The van der Waals surface area contributed by atoms with Crippen LogP contribution < -0.4 is 4.74 Å². The molecule has 0 amide bonds. The van der Waals surface area contributed by atoms with Crippen LogP contribution in [-0.2, 0) is 4.74 Å². The predicted octanol–water partition coefficient (Wildman–Crippen LogP) is 2.62. The molecule has 0 fully saturated rings. The van der Waals surface area contributed by atoms with Gasteiger partial charge in [0.25, 0.3) is 0 Å². The Morgan fingerprint density at radius 2 is 1.72 bits per heavy atom. The number of carbonyl (C=O) groups excluding carboxylic acids is 1. The fraction of sp³-hybridized carbons (Fsp3) is 0.278. The molecule has 2 atom stereocenters. The normalized spacial score (nSPS) is 19.6. The summed E-state index contributed by atoms with van der Waals surface area (Å²) in [5.41, 5.74) is 0.338. The van der Waals surface area contributed by atoms with Gasteiger partial charge in [-0.15, -0.1) is 0 Å². The quantitative estimate of drug-likeness (QED) is 0.631. The molecule has 7 nitrogen and oxygen atoms in total. The number of phenols is 4. The van der Waals surface area contributed by atoms with Crippen molar-refractivity contribution in [2.24, 2.45) is 0 Å². The molecule has 3 rings (SSSR count). The van der Waals surface area contributed by atoms with Gasteiger partial charge >= 0.3 is 0 Å². The zero-order valence-corrected chi connectivity index (χ0v) is 13.6. The third kappa shape index (κ3) is 3.06. The van der Waals surface area contributed by atoms with Crippen molar-refractivity contribution in [1.82, 2.24) is 0 Å². The molecule has 25 heavy (non-hydrogen) atoms. The number of phenolic OH excluding ortho intramolecular Hbond substituents is 4. The third-order valence-corrected chi connectivity index (χ3v) is 3.85. The Kier molecular flexibility index (Phi) is 4.18. The summed E-state index contributed by atoms with van der Waals surface area (Å²) in [4.78, 5) is 12.9. The molecular formula is C18H18O7. The van der Waals surface area contributed by atoms with E-state index in [4.69, 9.17) is 9.47 Å². The first-order valence-corrected chi connectivity index (χ1v) is 7.72. The highest BCUT2D eigenvalue weighted by Crippen LogP contribution is 2.43. The summed E-state index contributed by atoms with van der Waals surface area (Å²) in [6.45, 7) is 3.51. The second-order valence-corrected chi connectivity index (χ2v) is 6.09. The Morgan fingerprint density at radius 1 is 1.00 bits per heavy atom. The Bertz CT molecular complexity index is 828. The number of hydrogen-bond acceptors (Lipinski definition) is 7. The molecule has 132 valence electrons. The summed E-state index contributed by atoms with van der Waals surface area (Å²) in [7, 11) is 0. The Morgan fingerprint density at radius 3 is 2.36 bits per heavy atom. The van der Waals surface area contributed by atoms with Gasteiger partial charge in [0.1, 0.15) is 22.8 Å². The molecule has 1 aliphatic rings. The number of rotatable bonds is 3. The van der Waals surface area contributed by atoms with E-state index in [0.717, 1.165) is 6.07 Å². The number of carbonyl (C=O) groups is 1. The highest BCUT2D eigenvalue weighted by atomic mass is 16.6. The molecule has 1 aliphatic heterocycles. The van der Waals surface area contributed by atoms with Gasteiger partial charge in [-0.1, -0.05) is 6.07 Å². The largest absolute Gasteiger partial charge is 0.508 e. The molecule has 4 N–H and O–H groups in total. The zero-order valence-electron chi connectivity index (χ0n) is 13.6. The molecule has 0 radical (unpaired) electrons. The average Bonchev–Trinajstić information content (AvgIpc) is 2.51. The second kappa shape index (κ2) is 6.18. The lowest BCUT2D eigenvalue weighted by Gasteiger charge is -2.34. The Labute approximate surface area is 143 Å². The maximum absolute atomic E-state index is 12.9. The number of ether oxygens (including phenoxy) is 2. The lowest BCUT2D eigenvalue weighted by molar-refractivity contribution is -0.0467. The fourth-order valence-corrected chi connectivity index (χ4v) is 2.79. The van der Waals surface area contributed by atoms with Crippen molar-refractivity contribution < 1.29 is 34.7 Å². The van der Waals surface area contributed by atoms with Gasteiger partial charge in [0, 0.05) is 12.1 Å². The van der Waals surface area contributed by atoms with Gasteiger partial charge in [-0.2, -0.15) is 0 Å². The van der Waals surface area contributed by atoms with E-state index < -0.39 is 23.7 Å². The monoisotopic (exact) mass is 346 g/mol. The van der Waals surface area contributed by atoms with Crippen LogP contribution in [-0.4, -0.2) is 38.4 Å². The average molecular weight is 346 g/mol. The molecular weight excluding hydrogens is 328 g/mol.